The predicted molar refractivity (Wildman–Crippen MR) is 166 cm³/mol. The Bertz CT molecular complexity index is 1440. The highest BCUT2D eigenvalue weighted by Crippen LogP contribution is 2.34. The van der Waals surface area contributed by atoms with Gasteiger partial charge in [-0.3, -0.25) is 24.4 Å². The van der Waals surface area contributed by atoms with Crippen LogP contribution in [0, 0.1) is 5.92 Å². The van der Waals surface area contributed by atoms with E-state index in [2.05, 4.69) is 4.98 Å². The van der Waals surface area contributed by atoms with Gasteiger partial charge in [0.15, 0.2) is 0 Å². The van der Waals surface area contributed by atoms with Gasteiger partial charge in [-0.15, -0.1) is 11.3 Å². The van der Waals surface area contributed by atoms with Gasteiger partial charge in [-0.25, -0.2) is 4.98 Å². The summed E-state index contributed by atoms with van der Waals surface area (Å²) in [6.07, 6.45) is -1.59. The number of methoxy groups -OCH3 is 1. The Morgan fingerprint density at radius 2 is 1.91 bits per heavy atom. The van der Waals surface area contributed by atoms with Crippen LogP contribution in [0.3, 0.4) is 0 Å². The molecule has 13 heteroatoms. The van der Waals surface area contributed by atoms with Crippen LogP contribution in [0.5, 0.6) is 5.75 Å². The van der Waals surface area contributed by atoms with Crippen molar-refractivity contribution in [3.8, 4) is 16.3 Å². The molecule has 0 unspecified atom stereocenters. The van der Waals surface area contributed by atoms with Crippen LogP contribution in [0.4, 0.5) is 13.2 Å². The molecule has 0 saturated carbocycles. The molecule has 45 heavy (non-hydrogen) atoms. The van der Waals surface area contributed by atoms with Crippen LogP contribution in [0.15, 0.2) is 54.2 Å². The van der Waals surface area contributed by atoms with Crippen LogP contribution in [-0.2, 0) is 21.5 Å². The van der Waals surface area contributed by atoms with Crippen molar-refractivity contribution in [3.05, 3.63) is 65.4 Å². The third kappa shape index (κ3) is 9.32. The molecule has 2 aromatic heterocycles. The Kier molecular flexibility index (Phi) is 11.3. The molecule has 1 saturated heterocycles. The Hall–Kier alpha value is -3.39. The number of halogens is 3. The topological polar surface area (TPSA) is 108 Å². The summed E-state index contributed by atoms with van der Waals surface area (Å²) in [5, 5.41) is 15.8. The average molecular weight is 648 g/mol. The Morgan fingerprint density at radius 1 is 1.18 bits per heavy atom. The number of benzene rings is 1. The van der Waals surface area contributed by atoms with Gasteiger partial charge in [-0.1, -0.05) is 30.3 Å². The number of carbonyl (C=O) groups excluding carboxylic acids is 2. The lowest BCUT2D eigenvalue weighted by Gasteiger charge is -2.47. The number of nitrogens with zero attached hydrogens (tertiary/aromatic N) is 4. The fourth-order valence-electron chi connectivity index (χ4n) is 5.56. The molecule has 4 rings (SSSR count). The first kappa shape index (κ1) is 34.5. The highest BCUT2D eigenvalue weighted by atomic mass is 32.1. The number of nitrogens with one attached hydrogen (secondary N) is 1. The lowest BCUT2D eigenvalue weighted by molar-refractivity contribution is -0.144. The van der Waals surface area contributed by atoms with Gasteiger partial charge in [0.05, 0.1) is 30.6 Å². The number of amides is 1. The van der Waals surface area contributed by atoms with Crippen molar-refractivity contribution in [1.29, 1.82) is 0 Å². The maximum atomic E-state index is 13.2. The van der Waals surface area contributed by atoms with Gasteiger partial charge in [0, 0.05) is 49.2 Å². The Labute approximate surface area is 265 Å². The fourth-order valence-corrected chi connectivity index (χ4v) is 6.53. The van der Waals surface area contributed by atoms with Crippen molar-refractivity contribution in [1.82, 2.24) is 25.1 Å². The molecule has 1 fully saturated rings. The van der Waals surface area contributed by atoms with Gasteiger partial charge in [-0.2, -0.15) is 13.2 Å². The predicted octanol–water partition coefficient (Wildman–Crippen LogP) is 4.31. The van der Waals surface area contributed by atoms with Gasteiger partial charge < -0.3 is 15.2 Å². The van der Waals surface area contributed by atoms with Crippen LogP contribution in [0.2, 0.25) is 0 Å². The van der Waals surface area contributed by atoms with E-state index in [0.717, 1.165) is 21.8 Å². The van der Waals surface area contributed by atoms with E-state index in [1.165, 1.54) is 18.3 Å². The molecule has 0 aliphatic carbocycles. The van der Waals surface area contributed by atoms with E-state index >= 15 is 0 Å². The number of pyridine rings is 1. The number of rotatable bonds is 13. The number of piperazine rings is 1. The standard InChI is InChI=1S/C32H40F3N5O4S/c1-21(41)23(12-22-8-6-5-7-9-22)13-25(42)17-39-10-11-40(18-27(39)29(43)37-20-32(33,34)35)31(2,3)28-19-45-30(38-28)24-14-26(44-4)16-36-15-24/h5-9,14-16,19,23,25,27,42H,10-13,17-18,20H2,1-4H3,(H,37,43)/t23-,25+,27+/m1/s1. The monoisotopic (exact) mass is 647 g/mol. The number of ether oxygens (including phenoxy) is 1. The fraction of sp³-hybridized carbons (Fsp3) is 0.500. The number of alkyl halides is 3. The van der Waals surface area contributed by atoms with Crippen LogP contribution in [0.25, 0.3) is 10.6 Å². The van der Waals surface area contributed by atoms with Gasteiger partial charge in [0.1, 0.15) is 29.1 Å². The third-order valence-electron chi connectivity index (χ3n) is 8.28. The van der Waals surface area contributed by atoms with Crippen LogP contribution in [0.1, 0.15) is 38.4 Å². The molecule has 1 aliphatic heterocycles. The molecule has 3 atom stereocenters. The third-order valence-corrected chi connectivity index (χ3v) is 9.17. The van der Waals surface area contributed by atoms with Crippen molar-refractivity contribution >= 4 is 23.0 Å². The minimum absolute atomic E-state index is 0.0423. The maximum absolute atomic E-state index is 13.2. The van der Waals surface area contributed by atoms with Crippen molar-refractivity contribution < 1.29 is 32.6 Å². The zero-order valence-corrected chi connectivity index (χ0v) is 26.7. The summed E-state index contributed by atoms with van der Waals surface area (Å²) >= 11 is 1.44. The number of hydrogen-bond donors (Lipinski definition) is 2. The molecule has 0 spiro atoms. The molecule has 1 aliphatic rings. The number of carbonyl (C=O) groups is 2. The maximum Gasteiger partial charge on any atom is 0.405 e. The summed E-state index contributed by atoms with van der Waals surface area (Å²) in [6, 6.07) is 10.4. The van der Waals surface area contributed by atoms with E-state index in [0.29, 0.717) is 25.3 Å². The molecule has 1 amide bonds. The smallest absolute Gasteiger partial charge is 0.405 e. The summed E-state index contributed by atoms with van der Waals surface area (Å²) in [5.41, 5.74) is 1.85. The number of ketones is 1. The minimum atomic E-state index is -4.56. The molecule has 3 aromatic rings. The zero-order valence-electron chi connectivity index (χ0n) is 25.9. The molecular formula is C32H40F3N5O4S. The number of β-amino-alcohol motifs (C(OH)–C–C–N with tert-alkyl or cyclic N) is 1. The van der Waals surface area contributed by atoms with Gasteiger partial charge in [0.2, 0.25) is 5.91 Å². The van der Waals surface area contributed by atoms with Gasteiger partial charge in [-0.05, 0) is 45.2 Å². The van der Waals surface area contributed by atoms with Crippen molar-refractivity contribution in [2.75, 3.05) is 39.8 Å². The quantitative estimate of drug-likeness (QED) is 0.283. The lowest BCUT2D eigenvalue weighted by atomic mass is 9.90. The minimum Gasteiger partial charge on any atom is -0.495 e. The first-order valence-electron chi connectivity index (χ1n) is 14.8. The first-order chi connectivity index (χ1) is 21.3. The largest absolute Gasteiger partial charge is 0.495 e. The second-order valence-electron chi connectivity index (χ2n) is 11.9. The number of thiazole rings is 1. The first-order valence-corrected chi connectivity index (χ1v) is 15.7. The van der Waals surface area contributed by atoms with E-state index in [4.69, 9.17) is 9.72 Å². The molecule has 2 N–H and O–H groups in total. The normalized spacial score (nSPS) is 17.9. The number of aromatic nitrogens is 2. The molecular weight excluding hydrogens is 607 g/mol. The summed E-state index contributed by atoms with van der Waals surface area (Å²) in [7, 11) is 1.56. The molecule has 9 nitrogen and oxygen atoms in total. The number of hydrogen-bond acceptors (Lipinski definition) is 9. The molecule has 0 radical (unpaired) electrons. The van der Waals surface area contributed by atoms with Crippen molar-refractivity contribution in [2.45, 2.75) is 57.5 Å². The van der Waals surface area contributed by atoms with Crippen LogP contribution in [-0.4, -0.2) is 94.7 Å². The second-order valence-corrected chi connectivity index (χ2v) is 12.7. The summed E-state index contributed by atoms with van der Waals surface area (Å²) in [6.45, 7) is 4.94. The van der Waals surface area contributed by atoms with E-state index < -0.39 is 42.2 Å². The highest BCUT2D eigenvalue weighted by molar-refractivity contribution is 7.13. The van der Waals surface area contributed by atoms with Gasteiger partial charge in [0.25, 0.3) is 0 Å². The molecule has 1 aromatic carbocycles. The molecule has 0 bridgehead atoms. The Balaban J connectivity index is 1.49. The van der Waals surface area contributed by atoms with Crippen molar-refractivity contribution in [2.24, 2.45) is 5.92 Å². The number of Topliss-reactive ketones (excluding diaryl/α,β-unsaturated/α-hetero) is 1. The lowest BCUT2D eigenvalue weighted by Crippen LogP contribution is -2.63. The summed E-state index contributed by atoms with van der Waals surface area (Å²) in [5.74, 6) is -0.659. The number of aliphatic hydroxyl groups is 1. The van der Waals surface area contributed by atoms with E-state index in [1.807, 2.05) is 65.8 Å². The summed E-state index contributed by atoms with van der Waals surface area (Å²) in [4.78, 5) is 38.4. The van der Waals surface area contributed by atoms with E-state index in [9.17, 15) is 27.9 Å². The molecule has 244 valence electrons. The van der Waals surface area contributed by atoms with Crippen molar-refractivity contribution in [3.63, 3.8) is 0 Å². The summed E-state index contributed by atoms with van der Waals surface area (Å²) < 4.78 is 44.4. The van der Waals surface area contributed by atoms with E-state index in [1.54, 1.807) is 24.4 Å². The zero-order chi connectivity index (χ0) is 32.8. The highest BCUT2D eigenvalue weighted by Gasteiger charge is 2.41. The number of aliphatic hydroxyl groups excluding tert-OH is 1. The average Bonchev–Trinajstić information content (AvgIpc) is 3.51. The second kappa shape index (κ2) is 14.8. The van der Waals surface area contributed by atoms with E-state index in [-0.39, 0.29) is 25.3 Å². The van der Waals surface area contributed by atoms with Crippen LogP contribution < -0.4 is 10.1 Å². The Morgan fingerprint density at radius 3 is 2.58 bits per heavy atom. The van der Waals surface area contributed by atoms with Crippen LogP contribution >= 0.6 is 11.3 Å². The van der Waals surface area contributed by atoms with Gasteiger partial charge >= 0.3 is 6.18 Å². The molecule has 3 heterocycles. The SMILES string of the molecule is COc1cncc(-c2nc(C(C)(C)N3CCN(C[C@@H](O)C[C@@H](Cc4ccccc4)C(C)=O)[C@H](C(=O)NCC(F)(F)F)C3)cs2)c1.